The lowest BCUT2D eigenvalue weighted by Crippen LogP contribution is -2.53. The number of pyridine rings is 1. The van der Waals surface area contributed by atoms with Gasteiger partial charge in [0, 0.05) is 38.2 Å². The lowest BCUT2D eigenvalue weighted by Gasteiger charge is -2.40. The second kappa shape index (κ2) is 5.66. The van der Waals surface area contributed by atoms with Crippen molar-refractivity contribution in [1.82, 2.24) is 9.88 Å². The van der Waals surface area contributed by atoms with Gasteiger partial charge in [-0.2, -0.15) is 4.98 Å². The van der Waals surface area contributed by atoms with Crippen molar-refractivity contribution >= 4 is 17.4 Å². The summed E-state index contributed by atoms with van der Waals surface area (Å²) in [6, 6.07) is 2.26. The van der Waals surface area contributed by atoms with E-state index in [2.05, 4.69) is 21.7 Å². The fraction of sp³-hybridized carbons (Fsp3) is 0.643. The van der Waals surface area contributed by atoms with Gasteiger partial charge >= 0.3 is 0 Å². The molecule has 0 aromatic carbocycles. The van der Waals surface area contributed by atoms with Crippen molar-refractivity contribution in [2.75, 3.05) is 44.8 Å². The van der Waals surface area contributed by atoms with Gasteiger partial charge in [0.25, 0.3) is 0 Å². The average Bonchev–Trinajstić information content (AvgIpc) is 2.64. The Morgan fingerprint density at radius 3 is 3.10 bits per heavy atom. The maximum Gasteiger partial charge on any atom is 0.234 e. The molecule has 3 heterocycles. The number of ether oxygens (including phenoxy) is 2. The summed E-state index contributed by atoms with van der Waals surface area (Å²) >= 11 is 6.14. The average molecular weight is 298 g/mol. The van der Waals surface area contributed by atoms with Crippen molar-refractivity contribution in [3.05, 3.63) is 11.1 Å². The molecular weight excluding hydrogens is 278 g/mol. The molecule has 0 spiro atoms. The standard InChI is InChI=1S/C14H20ClN3O2/c1-3-17-5-6-18-10(9-17)4-7-20-12-8-11(15)14(19-2)16-13(12)18/h8,10H,3-7,9H2,1-2H3/t10-/m1/s1. The molecule has 1 atom stereocenters. The molecule has 0 unspecified atom stereocenters. The lowest BCUT2D eigenvalue weighted by atomic mass is 10.1. The van der Waals surface area contributed by atoms with Crippen LogP contribution in [0.2, 0.25) is 5.02 Å². The molecule has 2 aliphatic rings. The van der Waals surface area contributed by atoms with E-state index in [0.717, 1.165) is 44.2 Å². The number of piperazine rings is 1. The van der Waals surface area contributed by atoms with Crippen LogP contribution in [0.4, 0.5) is 5.82 Å². The monoisotopic (exact) mass is 297 g/mol. The third-order valence-electron chi connectivity index (χ3n) is 4.08. The van der Waals surface area contributed by atoms with Gasteiger partial charge in [-0.05, 0) is 6.54 Å². The number of anilines is 1. The van der Waals surface area contributed by atoms with Gasteiger partial charge in [0.05, 0.1) is 13.7 Å². The van der Waals surface area contributed by atoms with E-state index in [-0.39, 0.29) is 0 Å². The predicted octanol–water partition coefficient (Wildman–Crippen LogP) is 2.04. The van der Waals surface area contributed by atoms with E-state index in [0.29, 0.717) is 23.6 Å². The largest absolute Gasteiger partial charge is 0.490 e. The summed E-state index contributed by atoms with van der Waals surface area (Å²) in [5.41, 5.74) is 0. The van der Waals surface area contributed by atoms with Crippen LogP contribution in [0.1, 0.15) is 13.3 Å². The number of rotatable bonds is 2. The van der Waals surface area contributed by atoms with Gasteiger partial charge in [-0.1, -0.05) is 18.5 Å². The van der Waals surface area contributed by atoms with Crippen LogP contribution in [0.3, 0.4) is 0 Å². The van der Waals surface area contributed by atoms with Gasteiger partial charge in [0.15, 0.2) is 11.6 Å². The predicted molar refractivity (Wildman–Crippen MR) is 79.2 cm³/mol. The first-order valence-corrected chi connectivity index (χ1v) is 7.47. The Hall–Kier alpha value is -1.20. The Kier molecular flexibility index (Phi) is 3.89. The molecule has 2 aliphatic heterocycles. The van der Waals surface area contributed by atoms with E-state index in [1.165, 1.54) is 0 Å². The number of nitrogens with zero attached hydrogens (tertiary/aromatic N) is 3. The molecule has 110 valence electrons. The van der Waals surface area contributed by atoms with Crippen molar-refractivity contribution in [2.45, 2.75) is 19.4 Å². The fourth-order valence-corrected chi connectivity index (χ4v) is 3.16. The van der Waals surface area contributed by atoms with Crippen LogP contribution in [0, 0.1) is 0 Å². The Balaban J connectivity index is 1.95. The summed E-state index contributed by atoms with van der Waals surface area (Å²) in [7, 11) is 1.59. The summed E-state index contributed by atoms with van der Waals surface area (Å²) in [4.78, 5) is 9.37. The molecule has 3 rings (SSSR count). The minimum atomic E-state index is 0.448. The van der Waals surface area contributed by atoms with Crippen molar-refractivity contribution < 1.29 is 9.47 Å². The third-order valence-corrected chi connectivity index (χ3v) is 4.35. The van der Waals surface area contributed by atoms with Gasteiger partial charge in [-0.15, -0.1) is 0 Å². The van der Waals surface area contributed by atoms with E-state index in [4.69, 9.17) is 21.1 Å². The minimum absolute atomic E-state index is 0.448. The quantitative estimate of drug-likeness (QED) is 0.835. The van der Waals surface area contributed by atoms with Gasteiger partial charge in [-0.25, -0.2) is 0 Å². The maximum absolute atomic E-state index is 6.14. The number of likely N-dealkylation sites (N-methyl/N-ethyl adjacent to an activating group) is 1. The molecule has 20 heavy (non-hydrogen) atoms. The molecule has 0 amide bonds. The van der Waals surface area contributed by atoms with Crippen molar-refractivity contribution in [2.24, 2.45) is 0 Å². The van der Waals surface area contributed by atoms with Crippen molar-refractivity contribution in [3.8, 4) is 11.6 Å². The molecular formula is C14H20ClN3O2. The Morgan fingerprint density at radius 1 is 1.50 bits per heavy atom. The topological polar surface area (TPSA) is 37.8 Å². The SMILES string of the molecule is CCN1CCN2c3nc(OC)c(Cl)cc3OCC[C@@H]2C1. The second-order valence-electron chi connectivity index (χ2n) is 5.18. The highest BCUT2D eigenvalue weighted by Gasteiger charge is 2.32. The summed E-state index contributed by atoms with van der Waals surface area (Å²) in [5.74, 6) is 2.10. The molecule has 6 heteroatoms. The summed E-state index contributed by atoms with van der Waals surface area (Å²) in [6.07, 6.45) is 1.01. The fourth-order valence-electron chi connectivity index (χ4n) is 2.94. The lowest BCUT2D eigenvalue weighted by molar-refractivity contribution is 0.217. The van der Waals surface area contributed by atoms with E-state index in [9.17, 15) is 0 Å². The molecule has 0 N–H and O–H groups in total. The number of fused-ring (bicyclic) bond motifs is 3. The third kappa shape index (κ3) is 2.40. The normalized spacial score (nSPS) is 22.6. The molecule has 1 aromatic rings. The molecule has 5 nitrogen and oxygen atoms in total. The Labute approximate surface area is 124 Å². The zero-order valence-corrected chi connectivity index (χ0v) is 12.7. The highest BCUT2D eigenvalue weighted by atomic mass is 35.5. The number of aromatic nitrogens is 1. The zero-order chi connectivity index (χ0) is 14.1. The van der Waals surface area contributed by atoms with Crippen LogP contribution < -0.4 is 14.4 Å². The van der Waals surface area contributed by atoms with Crippen molar-refractivity contribution in [3.63, 3.8) is 0 Å². The smallest absolute Gasteiger partial charge is 0.234 e. The summed E-state index contributed by atoms with van der Waals surface area (Å²) < 4.78 is 11.1. The van der Waals surface area contributed by atoms with Crippen LogP contribution in [-0.2, 0) is 0 Å². The van der Waals surface area contributed by atoms with Gasteiger partial charge in [0.2, 0.25) is 5.88 Å². The molecule has 0 radical (unpaired) electrons. The number of hydrogen-bond acceptors (Lipinski definition) is 5. The van der Waals surface area contributed by atoms with Crippen LogP contribution in [0.15, 0.2) is 6.07 Å². The summed E-state index contributed by atoms with van der Waals surface area (Å²) in [6.45, 7) is 7.08. The zero-order valence-electron chi connectivity index (χ0n) is 11.9. The number of halogens is 1. The molecule has 0 saturated carbocycles. The van der Waals surface area contributed by atoms with Crippen LogP contribution in [0.5, 0.6) is 11.6 Å². The highest BCUT2D eigenvalue weighted by Crippen LogP contribution is 2.38. The van der Waals surface area contributed by atoms with Crippen LogP contribution in [0.25, 0.3) is 0 Å². The summed E-state index contributed by atoms with van der Waals surface area (Å²) in [5, 5.41) is 0.497. The first-order valence-electron chi connectivity index (χ1n) is 7.09. The molecule has 1 fully saturated rings. The van der Waals surface area contributed by atoms with E-state index < -0.39 is 0 Å². The molecule has 1 aromatic heterocycles. The van der Waals surface area contributed by atoms with Gasteiger partial charge in [0.1, 0.15) is 5.02 Å². The van der Waals surface area contributed by atoms with Crippen LogP contribution in [-0.4, -0.2) is 55.8 Å². The molecule has 0 aliphatic carbocycles. The Bertz CT molecular complexity index is 498. The van der Waals surface area contributed by atoms with E-state index in [1.807, 2.05) is 6.07 Å². The number of methoxy groups -OCH3 is 1. The molecule has 0 bridgehead atoms. The molecule has 1 saturated heterocycles. The van der Waals surface area contributed by atoms with Crippen LogP contribution >= 0.6 is 11.6 Å². The second-order valence-corrected chi connectivity index (χ2v) is 5.59. The van der Waals surface area contributed by atoms with E-state index in [1.54, 1.807) is 7.11 Å². The first-order chi connectivity index (χ1) is 9.72. The first kappa shape index (κ1) is 13.8. The van der Waals surface area contributed by atoms with Crippen molar-refractivity contribution in [1.29, 1.82) is 0 Å². The number of hydrogen-bond donors (Lipinski definition) is 0. The minimum Gasteiger partial charge on any atom is -0.490 e. The highest BCUT2D eigenvalue weighted by molar-refractivity contribution is 6.32. The van der Waals surface area contributed by atoms with Gasteiger partial charge in [-0.3, -0.25) is 4.90 Å². The van der Waals surface area contributed by atoms with Gasteiger partial charge < -0.3 is 14.4 Å². The van der Waals surface area contributed by atoms with E-state index >= 15 is 0 Å². The maximum atomic E-state index is 6.14. The Morgan fingerprint density at radius 2 is 2.35 bits per heavy atom.